The molecule has 0 radical (unpaired) electrons. The predicted molar refractivity (Wildman–Crippen MR) is 100 cm³/mol. The average Bonchev–Trinajstić information content (AvgIpc) is 3.26. The molecular formula is C17H18N4O2S2. The Labute approximate surface area is 154 Å². The van der Waals surface area contributed by atoms with Crippen LogP contribution in [0.3, 0.4) is 0 Å². The maximum Gasteiger partial charge on any atom is 0.233 e. The van der Waals surface area contributed by atoms with Crippen molar-refractivity contribution in [2.24, 2.45) is 0 Å². The molecule has 130 valence electrons. The Balaban J connectivity index is 1.49. The molecule has 3 aromatic rings. The molecule has 1 amide bonds. The lowest BCUT2D eigenvalue weighted by molar-refractivity contribution is -0.127. The van der Waals surface area contributed by atoms with Crippen LogP contribution in [0.2, 0.25) is 0 Å². The summed E-state index contributed by atoms with van der Waals surface area (Å²) in [6.45, 7) is 2.51. The van der Waals surface area contributed by atoms with Gasteiger partial charge in [0.05, 0.1) is 18.6 Å². The van der Waals surface area contributed by atoms with Gasteiger partial charge in [-0.2, -0.15) is 0 Å². The summed E-state index contributed by atoms with van der Waals surface area (Å²) in [6.07, 6.45) is 1.60. The second kappa shape index (κ2) is 8.17. The van der Waals surface area contributed by atoms with E-state index in [2.05, 4.69) is 15.5 Å². The molecule has 0 unspecified atom stereocenters. The number of furan rings is 1. The van der Waals surface area contributed by atoms with Crippen LogP contribution in [0.5, 0.6) is 0 Å². The van der Waals surface area contributed by atoms with Gasteiger partial charge < -0.3 is 14.6 Å². The Morgan fingerprint density at radius 2 is 2.08 bits per heavy atom. The third kappa shape index (κ3) is 5.07. The molecule has 0 saturated heterocycles. The number of amides is 1. The van der Waals surface area contributed by atoms with Crippen LogP contribution < -0.4 is 5.32 Å². The van der Waals surface area contributed by atoms with Crippen LogP contribution in [0.1, 0.15) is 11.3 Å². The summed E-state index contributed by atoms with van der Waals surface area (Å²) < 4.78 is 6.01. The van der Waals surface area contributed by atoms with Crippen LogP contribution in [-0.2, 0) is 11.3 Å². The van der Waals surface area contributed by atoms with E-state index in [0.29, 0.717) is 17.4 Å². The molecule has 0 fully saturated rings. The van der Waals surface area contributed by atoms with Crippen molar-refractivity contribution in [1.29, 1.82) is 0 Å². The van der Waals surface area contributed by atoms with E-state index in [-0.39, 0.29) is 5.91 Å². The number of carbonyl (C=O) groups excluding carboxylic acids is 1. The molecule has 0 aliphatic heterocycles. The van der Waals surface area contributed by atoms with Gasteiger partial charge in [-0.1, -0.05) is 40.8 Å². The van der Waals surface area contributed by atoms with Crippen molar-refractivity contribution in [3.05, 3.63) is 54.0 Å². The fourth-order valence-corrected chi connectivity index (χ4v) is 3.75. The summed E-state index contributed by atoms with van der Waals surface area (Å²) >= 11 is 2.82. The molecule has 2 aromatic heterocycles. The highest BCUT2D eigenvalue weighted by atomic mass is 32.2. The molecule has 0 aliphatic rings. The first-order chi connectivity index (χ1) is 12.1. The number of nitrogens with one attached hydrogen (secondary N) is 1. The Morgan fingerprint density at radius 3 is 2.80 bits per heavy atom. The molecule has 25 heavy (non-hydrogen) atoms. The van der Waals surface area contributed by atoms with Crippen LogP contribution in [-0.4, -0.2) is 33.8 Å². The molecule has 0 bridgehead atoms. The zero-order chi connectivity index (χ0) is 17.6. The van der Waals surface area contributed by atoms with E-state index in [0.717, 1.165) is 15.8 Å². The molecule has 0 saturated carbocycles. The minimum Gasteiger partial charge on any atom is -0.467 e. The number of aromatic nitrogens is 2. The maximum absolute atomic E-state index is 12.2. The van der Waals surface area contributed by atoms with E-state index in [1.54, 1.807) is 18.2 Å². The fourth-order valence-electron chi connectivity index (χ4n) is 2.04. The van der Waals surface area contributed by atoms with E-state index in [1.165, 1.54) is 28.7 Å². The number of hydrogen-bond donors (Lipinski definition) is 1. The number of thioether (sulfide) groups is 1. The van der Waals surface area contributed by atoms with E-state index in [4.69, 9.17) is 4.42 Å². The van der Waals surface area contributed by atoms with Gasteiger partial charge in [0.1, 0.15) is 5.76 Å². The second-order valence-corrected chi connectivity index (χ2v) is 7.68. The van der Waals surface area contributed by atoms with Crippen molar-refractivity contribution < 1.29 is 9.21 Å². The Morgan fingerprint density at radius 1 is 1.28 bits per heavy atom. The van der Waals surface area contributed by atoms with Crippen LogP contribution in [0.4, 0.5) is 10.8 Å². The van der Waals surface area contributed by atoms with E-state index < -0.39 is 0 Å². The van der Waals surface area contributed by atoms with Gasteiger partial charge in [0.15, 0.2) is 4.34 Å². The van der Waals surface area contributed by atoms with Crippen molar-refractivity contribution in [1.82, 2.24) is 15.1 Å². The fraction of sp³-hybridized carbons (Fsp3) is 0.235. The average molecular weight is 374 g/mol. The van der Waals surface area contributed by atoms with Gasteiger partial charge in [0, 0.05) is 12.7 Å². The summed E-state index contributed by atoms with van der Waals surface area (Å²) in [4.78, 5) is 13.8. The molecule has 1 N–H and O–H groups in total. The minimum atomic E-state index is 0.0182. The highest BCUT2D eigenvalue weighted by molar-refractivity contribution is 8.01. The number of hydrogen-bond acceptors (Lipinski definition) is 7. The number of nitrogens with zero attached hydrogens (tertiary/aromatic N) is 3. The maximum atomic E-state index is 12.2. The van der Waals surface area contributed by atoms with Crippen molar-refractivity contribution in [2.75, 3.05) is 18.1 Å². The molecule has 0 atom stereocenters. The van der Waals surface area contributed by atoms with Crippen LogP contribution >= 0.6 is 23.1 Å². The Hall–Kier alpha value is -2.32. The Kier molecular flexibility index (Phi) is 5.72. The lowest BCUT2D eigenvalue weighted by Crippen LogP contribution is -2.27. The summed E-state index contributed by atoms with van der Waals surface area (Å²) in [6, 6.07) is 11.7. The number of carbonyl (C=O) groups is 1. The van der Waals surface area contributed by atoms with Crippen LogP contribution in [0, 0.1) is 6.92 Å². The SMILES string of the molecule is Cc1ccc(Nc2nnc(SCC(=O)N(C)Cc3ccco3)s2)cc1. The van der Waals surface area contributed by atoms with Gasteiger partial charge >= 0.3 is 0 Å². The summed E-state index contributed by atoms with van der Waals surface area (Å²) in [5, 5.41) is 12.2. The van der Waals surface area contributed by atoms with Crippen LogP contribution in [0.25, 0.3) is 0 Å². The molecule has 1 aromatic carbocycles. The van der Waals surface area contributed by atoms with Gasteiger partial charge in [-0.3, -0.25) is 4.79 Å². The highest BCUT2D eigenvalue weighted by Gasteiger charge is 2.13. The monoisotopic (exact) mass is 374 g/mol. The number of benzene rings is 1. The molecule has 6 nitrogen and oxygen atoms in total. The lowest BCUT2D eigenvalue weighted by atomic mass is 10.2. The van der Waals surface area contributed by atoms with Crippen molar-refractivity contribution >= 4 is 39.8 Å². The number of rotatable bonds is 7. The lowest BCUT2D eigenvalue weighted by Gasteiger charge is -2.14. The van der Waals surface area contributed by atoms with Crippen molar-refractivity contribution in [3.63, 3.8) is 0 Å². The third-order valence-corrected chi connectivity index (χ3v) is 5.38. The molecular weight excluding hydrogens is 356 g/mol. The molecule has 8 heteroatoms. The normalized spacial score (nSPS) is 10.6. The summed E-state index contributed by atoms with van der Waals surface area (Å²) in [7, 11) is 1.76. The highest BCUT2D eigenvalue weighted by Crippen LogP contribution is 2.28. The van der Waals surface area contributed by atoms with Gasteiger partial charge in [-0.15, -0.1) is 10.2 Å². The van der Waals surface area contributed by atoms with Crippen LogP contribution in [0.15, 0.2) is 51.4 Å². The molecule has 0 spiro atoms. The van der Waals surface area contributed by atoms with Gasteiger partial charge in [0.2, 0.25) is 11.0 Å². The van der Waals surface area contributed by atoms with Gasteiger partial charge in [0.25, 0.3) is 0 Å². The molecule has 2 heterocycles. The number of anilines is 2. The van der Waals surface area contributed by atoms with E-state index in [1.807, 2.05) is 43.3 Å². The van der Waals surface area contributed by atoms with Gasteiger partial charge in [-0.25, -0.2) is 0 Å². The first-order valence-corrected chi connectivity index (χ1v) is 9.47. The smallest absolute Gasteiger partial charge is 0.233 e. The molecule has 3 rings (SSSR count). The van der Waals surface area contributed by atoms with Gasteiger partial charge in [-0.05, 0) is 31.2 Å². The third-order valence-electron chi connectivity index (χ3n) is 3.43. The minimum absolute atomic E-state index is 0.0182. The zero-order valence-electron chi connectivity index (χ0n) is 13.9. The largest absolute Gasteiger partial charge is 0.467 e. The van der Waals surface area contributed by atoms with Crippen molar-refractivity contribution in [2.45, 2.75) is 17.8 Å². The standard InChI is InChI=1S/C17H18N4O2S2/c1-12-5-7-13(8-6-12)18-16-19-20-17(25-16)24-11-15(22)21(2)10-14-4-3-9-23-14/h3-9H,10-11H2,1-2H3,(H,18,19). The Bertz CT molecular complexity index is 816. The predicted octanol–water partition coefficient (Wildman–Crippen LogP) is 3.93. The van der Waals surface area contributed by atoms with E-state index in [9.17, 15) is 4.79 Å². The first-order valence-electron chi connectivity index (χ1n) is 7.66. The zero-order valence-corrected chi connectivity index (χ0v) is 15.6. The quantitative estimate of drug-likeness (QED) is 0.632. The number of aryl methyl sites for hydroxylation is 1. The second-order valence-electron chi connectivity index (χ2n) is 5.48. The van der Waals surface area contributed by atoms with E-state index >= 15 is 0 Å². The molecule has 0 aliphatic carbocycles. The summed E-state index contributed by atoms with van der Waals surface area (Å²) in [5.74, 6) is 1.10. The topological polar surface area (TPSA) is 71.3 Å². The summed E-state index contributed by atoms with van der Waals surface area (Å²) in [5.41, 5.74) is 2.17. The first kappa shape index (κ1) is 17.5. The van der Waals surface area contributed by atoms with Crippen molar-refractivity contribution in [3.8, 4) is 0 Å².